The van der Waals surface area contributed by atoms with Gasteiger partial charge in [-0.3, -0.25) is 9.59 Å². The molecule has 1 aliphatic heterocycles. The molecule has 2 amide bonds. The Kier molecular flexibility index (Phi) is 5.68. The van der Waals surface area contributed by atoms with Crippen LogP contribution in [0.25, 0.3) is 6.08 Å². The van der Waals surface area contributed by atoms with Crippen molar-refractivity contribution in [2.45, 2.75) is 26.4 Å². The molecular formula is C22H23NO5. The Morgan fingerprint density at radius 2 is 2.00 bits per heavy atom. The van der Waals surface area contributed by atoms with Gasteiger partial charge in [-0.25, -0.2) is 4.90 Å². The molecule has 0 aliphatic carbocycles. The molecule has 0 spiro atoms. The lowest BCUT2D eigenvalue weighted by Crippen LogP contribution is -2.49. The Bertz CT molecular complexity index is 935. The second-order valence-electron chi connectivity index (χ2n) is 6.26. The highest BCUT2D eigenvalue weighted by Crippen LogP contribution is 2.40. The highest BCUT2D eigenvalue weighted by Gasteiger charge is 2.39. The fourth-order valence-electron chi connectivity index (χ4n) is 3.18. The topological polar surface area (TPSA) is 65.1 Å². The van der Waals surface area contributed by atoms with Crippen molar-refractivity contribution in [3.63, 3.8) is 0 Å². The summed E-state index contributed by atoms with van der Waals surface area (Å²) in [5.74, 6) is 0.556. The molecule has 1 unspecified atom stereocenters. The zero-order chi connectivity index (χ0) is 20.3. The van der Waals surface area contributed by atoms with Crippen LogP contribution in [0.5, 0.6) is 17.2 Å². The van der Waals surface area contributed by atoms with Gasteiger partial charge >= 0.3 is 0 Å². The van der Waals surface area contributed by atoms with Crippen molar-refractivity contribution < 1.29 is 23.8 Å². The minimum Gasteiger partial charge on any atom is -0.497 e. The van der Waals surface area contributed by atoms with Crippen LogP contribution >= 0.6 is 0 Å². The van der Waals surface area contributed by atoms with E-state index in [-0.39, 0.29) is 5.56 Å². The molecule has 1 atom stereocenters. The number of hydrogen-bond donors (Lipinski definition) is 0. The number of hydrogen-bond acceptors (Lipinski definition) is 5. The molecule has 28 heavy (non-hydrogen) atoms. The third kappa shape index (κ3) is 3.33. The first-order valence-electron chi connectivity index (χ1n) is 9.08. The van der Waals surface area contributed by atoms with E-state index >= 15 is 0 Å². The van der Waals surface area contributed by atoms with Crippen LogP contribution < -0.4 is 19.1 Å². The van der Waals surface area contributed by atoms with Gasteiger partial charge in [0, 0.05) is 11.6 Å². The summed E-state index contributed by atoms with van der Waals surface area (Å²) in [6, 6.07) is 10.3. The lowest BCUT2D eigenvalue weighted by Gasteiger charge is -2.33. The highest BCUT2D eigenvalue weighted by atomic mass is 16.5. The van der Waals surface area contributed by atoms with E-state index in [1.165, 1.54) is 19.1 Å². The van der Waals surface area contributed by atoms with Crippen LogP contribution in [0.1, 0.15) is 36.2 Å². The minimum atomic E-state index is -0.730. The highest BCUT2D eigenvalue weighted by molar-refractivity contribution is 6.24. The lowest BCUT2D eigenvalue weighted by atomic mass is 10.0. The molecule has 0 N–H and O–H groups in total. The summed E-state index contributed by atoms with van der Waals surface area (Å²) in [5.41, 5.74) is 1.51. The summed E-state index contributed by atoms with van der Waals surface area (Å²) in [6.07, 6.45) is 3.49. The van der Waals surface area contributed by atoms with Crippen LogP contribution in [-0.2, 0) is 4.79 Å². The van der Waals surface area contributed by atoms with Crippen LogP contribution in [-0.4, -0.2) is 32.1 Å². The summed E-state index contributed by atoms with van der Waals surface area (Å²) in [7, 11) is 3.01. The molecule has 146 valence electrons. The predicted octanol–water partition coefficient (Wildman–Crippen LogP) is 4.08. The van der Waals surface area contributed by atoms with Gasteiger partial charge in [-0.2, -0.15) is 0 Å². The Morgan fingerprint density at radius 1 is 1.21 bits per heavy atom. The molecule has 3 rings (SSSR count). The number of para-hydroxylation sites is 1. The molecule has 0 aromatic heterocycles. The van der Waals surface area contributed by atoms with Gasteiger partial charge in [0.05, 0.1) is 25.5 Å². The Balaban J connectivity index is 2.14. The molecule has 6 heteroatoms. The summed E-state index contributed by atoms with van der Waals surface area (Å²) in [5, 5.41) is 0. The summed E-state index contributed by atoms with van der Waals surface area (Å²) in [6.45, 7) is 3.75. The zero-order valence-electron chi connectivity index (χ0n) is 16.4. The monoisotopic (exact) mass is 381 g/mol. The molecule has 0 saturated heterocycles. The quantitative estimate of drug-likeness (QED) is 0.730. The zero-order valence-corrected chi connectivity index (χ0v) is 16.4. The van der Waals surface area contributed by atoms with Crippen molar-refractivity contribution in [2.75, 3.05) is 19.1 Å². The van der Waals surface area contributed by atoms with E-state index in [1.54, 1.807) is 30.3 Å². The molecule has 1 aliphatic rings. The number of amides is 2. The fourth-order valence-corrected chi connectivity index (χ4v) is 3.18. The number of allylic oxidation sites excluding steroid dienone is 1. The van der Waals surface area contributed by atoms with Gasteiger partial charge in [-0.05, 0) is 31.5 Å². The number of ether oxygens (including phenoxy) is 3. The number of imide groups is 1. The van der Waals surface area contributed by atoms with Crippen molar-refractivity contribution in [3.8, 4) is 17.2 Å². The van der Waals surface area contributed by atoms with E-state index in [9.17, 15) is 9.59 Å². The number of rotatable bonds is 5. The van der Waals surface area contributed by atoms with Gasteiger partial charge in [-0.1, -0.05) is 31.2 Å². The van der Waals surface area contributed by atoms with Gasteiger partial charge in [0.2, 0.25) is 0 Å². The second-order valence-corrected chi connectivity index (χ2v) is 6.26. The van der Waals surface area contributed by atoms with Gasteiger partial charge in [-0.15, -0.1) is 0 Å². The maximum absolute atomic E-state index is 13.4. The predicted molar refractivity (Wildman–Crippen MR) is 107 cm³/mol. The average molecular weight is 381 g/mol. The van der Waals surface area contributed by atoms with Crippen molar-refractivity contribution in [3.05, 3.63) is 53.6 Å². The lowest BCUT2D eigenvalue weighted by molar-refractivity contribution is -0.125. The van der Waals surface area contributed by atoms with Crippen LogP contribution in [0, 0.1) is 0 Å². The van der Waals surface area contributed by atoms with Gasteiger partial charge in [0.25, 0.3) is 11.8 Å². The van der Waals surface area contributed by atoms with Gasteiger partial charge < -0.3 is 14.2 Å². The number of fused-ring (bicyclic) bond motifs is 1. The van der Waals surface area contributed by atoms with Crippen molar-refractivity contribution in [2.24, 2.45) is 0 Å². The third-order valence-corrected chi connectivity index (χ3v) is 4.58. The summed E-state index contributed by atoms with van der Waals surface area (Å²) in [4.78, 5) is 27.6. The molecule has 1 heterocycles. The van der Waals surface area contributed by atoms with E-state index < -0.39 is 17.9 Å². The van der Waals surface area contributed by atoms with Crippen LogP contribution in [0.15, 0.2) is 42.5 Å². The van der Waals surface area contributed by atoms with E-state index in [0.717, 1.165) is 5.56 Å². The first-order valence-corrected chi connectivity index (χ1v) is 9.08. The van der Waals surface area contributed by atoms with Crippen molar-refractivity contribution in [1.29, 1.82) is 0 Å². The maximum atomic E-state index is 13.4. The number of carbonyl (C=O) groups is 2. The Hall–Kier alpha value is -3.28. The maximum Gasteiger partial charge on any atom is 0.275 e. The van der Waals surface area contributed by atoms with Crippen molar-refractivity contribution in [1.82, 2.24) is 0 Å². The van der Waals surface area contributed by atoms with E-state index in [4.69, 9.17) is 14.2 Å². The SMILES string of the molecule is C/C=C/c1cccc2c1OC(CC)C(=O)N2C(=O)c1ccc(OC)cc1OC. The summed E-state index contributed by atoms with van der Waals surface area (Å²) < 4.78 is 16.5. The molecule has 0 saturated carbocycles. The standard InChI is InChI=1S/C22H23NO5/c1-5-8-14-9-7-10-17-20(14)28-18(6-2)22(25)23(17)21(24)16-12-11-15(26-3)13-19(16)27-4/h5,7-13,18H,6H2,1-4H3/b8-5+. The Labute approximate surface area is 164 Å². The largest absolute Gasteiger partial charge is 0.497 e. The third-order valence-electron chi connectivity index (χ3n) is 4.58. The molecule has 6 nitrogen and oxygen atoms in total. The van der Waals surface area contributed by atoms with Crippen LogP contribution in [0.4, 0.5) is 5.69 Å². The first-order chi connectivity index (χ1) is 13.5. The normalized spacial score (nSPS) is 15.9. The molecule has 2 aromatic carbocycles. The van der Waals surface area contributed by atoms with E-state index in [1.807, 2.05) is 32.1 Å². The molecule has 0 fully saturated rings. The summed E-state index contributed by atoms with van der Waals surface area (Å²) >= 11 is 0. The van der Waals surface area contributed by atoms with Crippen molar-refractivity contribution >= 4 is 23.6 Å². The van der Waals surface area contributed by atoms with Gasteiger partial charge in [0.15, 0.2) is 11.9 Å². The number of carbonyl (C=O) groups excluding carboxylic acids is 2. The second kappa shape index (κ2) is 8.17. The number of methoxy groups -OCH3 is 2. The smallest absolute Gasteiger partial charge is 0.275 e. The molecule has 0 radical (unpaired) electrons. The fraction of sp³-hybridized carbons (Fsp3) is 0.273. The molecule has 2 aromatic rings. The number of anilines is 1. The molecular weight excluding hydrogens is 358 g/mol. The minimum absolute atomic E-state index is 0.274. The number of nitrogens with zero attached hydrogens (tertiary/aromatic N) is 1. The van der Waals surface area contributed by atoms with E-state index in [0.29, 0.717) is 29.4 Å². The van der Waals surface area contributed by atoms with Gasteiger partial charge in [0.1, 0.15) is 11.5 Å². The Morgan fingerprint density at radius 3 is 2.64 bits per heavy atom. The van der Waals surface area contributed by atoms with Crippen LogP contribution in [0.3, 0.4) is 0 Å². The molecule has 0 bridgehead atoms. The van der Waals surface area contributed by atoms with Crippen LogP contribution in [0.2, 0.25) is 0 Å². The first kappa shape index (κ1) is 19.5. The average Bonchev–Trinajstić information content (AvgIpc) is 2.72. The van der Waals surface area contributed by atoms with E-state index in [2.05, 4.69) is 0 Å². The number of benzene rings is 2.